The van der Waals surface area contributed by atoms with Crippen molar-refractivity contribution in [2.75, 3.05) is 26.2 Å². The predicted molar refractivity (Wildman–Crippen MR) is 109 cm³/mol. The van der Waals surface area contributed by atoms with Crippen molar-refractivity contribution in [1.29, 1.82) is 0 Å². The lowest BCUT2D eigenvalue weighted by Crippen LogP contribution is -2.51. The average molecular weight is 444 g/mol. The van der Waals surface area contributed by atoms with Gasteiger partial charge in [0, 0.05) is 41.6 Å². The Hall–Kier alpha value is -2.67. The Morgan fingerprint density at radius 1 is 0.964 bits per heavy atom. The zero-order chi connectivity index (χ0) is 19.7. The van der Waals surface area contributed by atoms with Crippen molar-refractivity contribution >= 4 is 38.6 Å². The molecule has 0 saturated carbocycles. The van der Waals surface area contributed by atoms with Crippen LogP contribution in [0.5, 0.6) is 0 Å². The van der Waals surface area contributed by atoms with E-state index in [0.29, 0.717) is 31.9 Å². The van der Waals surface area contributed by atoms with E-state index in [0.717, 1.165) is 20.9 Å². The summed E-state index contributed by atoms with van der Waals surface area (Å²) in [6.07, 6.45) is 0.241. The Morgan fingerprint density at radius 3 is 2.36 bits per heavy atom. The molecule has 1 aliphatic rings. The summed E-state index contributed by atoms with van der Waals surface area (Å²) in [7, 11) is 0. The second-order valence-corrected chi connectivity index (χ2v) is 7.81. The molecule has 7 heteroatoms. The van der Waals surface area contributed by atoms with Crippen LogP contribution in [0.3, 0.4) is 0 Å². The van der Waals surface area contributed by atoms with Crippen molar-refractivity contribution in [2.24, 2.45) is 0 Å². The number of nitrogens with zero attached hydrogens (tertiary/aromatic N) is 2. The van der Waals surface area contributed by atoms with E-state index in [9.17, 15) is 14.0 Å². The summed E-state index contributed by atoms with van der Waals surface area (Å²) in [4.78, 5) is 32.0. The van der Waals surface area contributed by atoms with E-state index in [-0.39, 0.29) is 24.1 Å². The van der Waals surface area contributed by atoms with Gasteiger partial charge in [0.15, 0.2) is 0 Å². The molecule has 3 aromatic rings. The minimum absolute atomic E-state index is 0.00540. The van der Waals surface area contributed by atoms with Crippen molar-refractivity contribution in [3.05, 3.63) is 70.1 Å². The quantitative estimate of drug-likeness (QED) is 0.672. The number of aromatic amines is 1. The molecule has 1 N–H and O–H groups in total. The Balaban J connectivity index is 1.36. The maximum Gasteiger partial charge on any atom is 0.270 e. The maximum atomic E-state index is 13.0. The number of rotatable bonds is 3. The number of H-pyrrole nitrogens is 1. The van der Waals surface area contributed by atoms with Crippen molar-refractivity contribution in [1.82, 2.24) is 14.8 Å². The molecule has 0 spiro atoms. The predicted octanol–water partition coefficient (Wildman–Crippen LogP) is 3.60. The number of aromatic nitrogens is 1. The molecule has 1 aromatic heterocycles. The van der Waals surface area contributed by atoms with E-state index in [1.807, 2.05) is 24.3 Å². The standard InChI is InChI=1S/C21H19BrFN3O2/c22-16-3-6-18-15(12-16)13-19(24-18)21(28)26-9-7-25(8-10-26)20(27)11-14-1-4-17(23)5-2-14/h1-6,12-13,24H,7-11H2. The number of benzene rings is 2. The molecule has 2 amide bonds. The highest BCUT2D eigenvalue weighted by atomic mass is 79.9. The van der Waals surface area contributed by atoms with Crippen LogP contribution in [0.1, 0.15) is 16.1 Å². The van der Waals surface area contributed by atoms with Crippen molar-refractivity contribution in [2.45, 2.75) is 6.42 Å². The minimum Gasteiger partial charge on any atom is -0.351 e. The first-order valence-corrected chi connectivity index (χ1v) is 9.89. The van der Waals surface area contributed by atoms with Crippen LogP contribution in [-0.4, -0.2) is 52.8 Å². The average Bonchev–Trinajstić information content (AvgIpc) is 3.12. The second-order valence-electron chi connectivity index (χ2n) is 6.89. The summed E-state index contributed by atoms with van der Waals surface area (Å²) in [6.45, 7) is 1.98. The number of hydrogen-bond acceptors (Lipinski definition) is 2. The third kappa shape index (κ3) is 3.94. The van der Waals surface area contributed by atoms with E-state index in [1.165, 1.54) is 12.1 Å². The lowest BCUT2D eigenvalue weighted by atomic mass is 10.1. The molecule has 2 heterocycles. The number of nitrogens with one attached hydrogen (secondary N) is 1. The monoisotopic (exact) mass is 443 g/mol. The van der Waals surface area contributed by atoms with Gasteiger partial charge >= 0.3 is 0 Å². The first-order valence-electron chi connectivity index (χ1n) is 9.09. The molecule has 1 saturated heterocycles. The zero-order valence-electron chi connectivity index (χ0n) is 15.1. The fourth-order valence-electron chi connectivity index (χ4n) is 3.44. The molecule has 4 rings (SSSR count). The first kappa shape index (κ1) is 18.7. The Bertz CT molecular complexity index is 1020. The SMILES string of the molecule is O=C(Cc1ccc(F)cc1)N1CCN(C(=O)c2cc3cc(Br)ccc3[nH]2)CC1. The molecule has 28 heavy (non-hydrogen) atoms. The normalized spacial score (nSPS) is 14.5. The summed E-state index contributed by atoms with van der Waals surface area (Å²) in [5.41, 5.74) is 2.26. The molecule has 0 aliphatic carbocycles. The lowest BCUT2D eigenvalue weighted by molar-refractivity contribution is -0.131. The third-order valence-electron chi connectivity index (χ3n) is 5.00. The van der Waals surface area contributed by atoms with Crippen LogP contribution in [0.15, 0.2) is 53.0 Å². The molecular formula is C21H19BrFN3O2. The van der Waals surface area contributed by atoms with Crippen LogP contribution >= 0.6 is 15.9 Å². The second kappa shape index (κ2) is 7.75. The fourth-order valence-corrected chi connectivity index (χ4v) is 3.82. The minimum atomic E-state index is -0.312. The van der Waals surface area contributed by atoms with Gasteiger partial charge < -0.3 is 14.8 Å². The lowest BCUT2D eigenvalue weighted by Gasteiger charge is -2.34. The Labute approximate surface area is 170 Å². The number of piperazine rings is 1. The topological polar surface area (TPSA) is 56.4 Å². The van der Waals surface area contributed by atoms with E-state index < -0.39 is 0 Å². The molecule has 1 aliphatic heterocycles. The van der Waals surface area contributed by atoms with Crippen LogP contribution < -0.4 is 0 Å². The van der Waals surface area contributed by atoms with Gasteiger partial charge in [0.25, 0.3) is 5.91 Å². The van der Waals surface area contributed by atoms with Gasteiger partial charge in [-0.05, 0) is 42.0 Å². The number of halogens is 2. The fraction of sp³-hybridized carbons (Fsp3) is 0.238. The van der Waals surface area contributed by atoms with Crippen molar-refractivity contribution < 1.29 is 14.0 Å². The molecule has 0 radical (unpaired) electrons. The zero-order valence-corrected chi connectivity index (χ0v) is 16.7. The van der Waals surface area contributed by atoms with Gasteiger partial charge in [-0.25, -0.2) is 4.39 Å². The van der Waals surface area contributed by atoms with Crippen LogP contribution in [0.2, 0.25) is 0 Å². The van der Waals surface area contributed by atoms with Crippen LogP contribution in [0.25, 0.3) is 10.9 Å². The van der Waals surface area contributed by atoms with Gasteiger partial charge in [0.1, 0.15) is 11.5 Å². The molecule has 0 atom stereocenters. The number of amides is 2. The van der Waals surface area contributed by atoms with E-state index in [1.54, 1.807) is 21.9 Å². The highest BCUT2D eigenvalue weighted by Crippen LogP contribution is 2.21. The number of fused-ring (bicyclic) bond motifs is 1. The Kier molecular flexibility index (Phi) is 5.17. The summed E-state index contributed by atoms with van der Waals surface area (Å²) >= 11 is 3.44. The highest BCUT2D eigenvalue weighted by molar-refractivity contribution is 9.10. The van der Waals surface area contributed by atoms with Gasteiger partial charge in [0.2, 0.25) is 5.91 Å². The van der Waals surface area contributed by atoms with Crippen LogP contribution in [-0.2, 0) is 11.2 Å². The van der Waals surface area contributed by atoms with E-state index in [2.05, 4.69) is 20.9 Å². The summed E-state index contributed by atoms with van der Waals surface area (Å²) in [5, 5.41) is 0.978. The number of carbonyl (C=O) groups is 2. The molecule has 0 bridgehead atoms. The molecule has 5 nitrogen and oxygen atoms in total. The first-order chi connectivity index (χ1) is 13.5. The summed E-state index contributed by atoms with van der Waals surface area (Å²) in [6, 6.07) is 13.7. The van der Waals surface area contributed by atoms with E-state index in [4.69, 9.17) is 0 Å². The molecular weight excluding hydrogens is 425 g/mol. The van der Waals surface area contributed by atoms with Gasteiger partial charge in [0.05, 0.1) is 6.42 Å². The van der Waals surface area contributed by atoms with Gasteiger partial charge in [-0.15, -0.1) is 0 Å². The summed E-state index contributed by atoms with van der Waals surface area (Å²) < 4.78 is 14.0. The van der Waals surface area contributed by atoms with Crippen molar-refractivity contribution in [3.63, 3.8) is 0 Å². The van der Waals surface area contributed by atoms with Gasteiger partial charge in [-0.2, -0.15) is 0 Å². The highest BCUT2D eigenvalue weighted by Gasteiger charge is 2.25. The largest absolute Gasteiger partial charge is 0.351 e. The van der Waals surface area contributed by atoms with Crippen molar-refractivity contribution in [3.8, 4) is 0 Å². The van der Waals surface area contributed by atoms with E-state index >= 15 is 0 Å². The smallest absolute Gasteiger partial charge is 0.270 e. The molecule has 0 unspecified atom stereocenters. The van der Waals surface area contributed by atoms with Crippen LogP contribution in [0.4, 0.5) is 4.39 Å². The third-order valence-corrected chi connectivity index (χ3v) is 5.49. The maximum absolute atomic E-state index is 13.0. The van der Waals surface area contributed by atoms with Gasteiger partial charge in [-0.1, -0.05) is 28.1 Å². The number of hydrogen-bond donors (Lipinski definition) is 1. The Morgan fingerprint density at radius 2 is 1.64 bits per heavy atom. The van der Waals surface area contributed by atoms with Gasteiger partial charge in [-0.3, -0.25) is 9.59 Å². The molecule has 2 aromatic carbocycles. The summed E-state index contributed by atoms with van der Waals surface area (Å²) in [5.74, 6) is -0.375. The van der Waals surface area contributed by atoms with Crippen LogP contribution in [0, 0.1) is 5.82 Å². The molecule has 1 fully saturated rings. The number of carbonyl (C=O) groups excluding carboxylic acids is 2. The molecule has 144 valence electrons.